The summed E-state index contributed by atoms with van der Waals surface area (Å²) in [6, 6.07) is 0. The number of aliphatic hydroxyl groups is 1. The minimum atomic E-state index is -1.12. The second kappa shape index (κ2) is 5.48. The summed E-state index contributed by atoms with van der Waals surface area (Å²) >= 11 is 16.4. The quantitative estimate of drug-likeness (QED) is 0.553. The molecule has 0 spiro atoms. The third-order valence-corrected chi connectivity index (χ3v) is 1.69. The third kappa shape index (κ3) is 8.83. The van der Waals surface area contributed by atoms with Crippen molar-refractivity contribution in [2.24, 2.45) is 0 Å². The topological polar surface area (TPSA) is 20.2 Å². The first-order valence-corrected chi connectivity index (χ1v) is 4.37. The van der Waals surface area contributed by atoms with Crippen molar-refractivity contribution >= 4 is 34.8 Å². The maximum Gasteiger partial charge on any atom is 0.190 e. The number of rotatable bonds is 4. The molecule has 0 aromatic carbocycles. The number of halogens is 3. The van der Waals surface area contributed by atoms with Crippen molar-refractivity contribution in [2.45, 2.75) is 29.5 Å². The number of alkyl halides is 3. The lowest BCUT2D eigenvalue weighted by Crippen LogP contribution is -2.00. The predicted octanol–water partition coefficient (Wildman–Crippen LogP) is 2.91. The molecule has 0 aliphatic carbocycles. The Morgan fingerprint density at radius 1 is 1.00 bits per heavy atom. The molecule has 0 aliphatic rings. The average Bonchev–Trinajstić information content (AvgIpc) is 1.78. The molecule has 10 heavy (non-hydrogen) atoms. The second-order valence-corrected chi connectivity index (χ2v) is 4.67. The molecule has 0 bridgehead atoms. The Balaban J connectivity index is 3.04. The van der Waals surface area contributed by atoms with Gasteiger partial charge in [-0.15, -0.1) is 0 Å². The molecule has 0 rings (SSSR count). The van der Waals surface area contributed by atoms with Crippen molar-refractivity contribution in [2.75, 3.05) is 6.61 Å². The van der Waals surface area contributed by atoms with Gasteiger partial charge in [0.1, 0.15) is 0 Å². The van der Waals surface area contributed by atoms with Gasteiger partial charge in [0.2, 0.25) is 0 Å². The van der Waals surface area contributed by atoms with Crippen LogP contribution in [-0.4, -0.2) is 15.5 Å². The molecule has 0 saturated heterocycles. The van der Waals surface area contributed by atoms with Crippen LogP contribution in [0.25, 0.3) is 0 Å². The molecule has 0 unspecified atom stereocenters. The summed E-state index contributed by atoms with van der Waals surface area (Å²) < 4.78 is -1.12. The average molecular weight is 206 g/mol. The molecule has 0 fully saturated rings. The highest BCUT2D eigenvalue weighted by atomic mass is 35.6. The van der Waals surface area contributed by atoms with Crippen molar-refractivity contribution in [1.82, 2.24) is 0 Å². The molecule has 1 nitrogen and oxygen atoms in total. The van der Waals surface area contributed by atoms with Crippen LogP contribution in [0.15, 0.2) is 0 Å². The van der Waals surface area contributed by atoms with Crippen LogP contribution in [0.4, 0.5) is 0 Å². The highest BCUT2D eigenvalue weighted by Crippen LogP contribution is 2.31. The van der Waals surface area contributed by atoms with Gasteiger partial charge in [-0.05, 0) is 19.3 Å². The zero-order valence-corrected chi connectivity index (χ0v) is 7.88. The summed E-state index contributed by atoms with van der Waals surface area (Å²) in [4.78, 5) is 0. The fraction of sp³-hybridized carbons (Fsp3) is 1.00. The van der Waals surface area contributed by atoms with Crippen LogP contribution >= 0.6 is 34.8 Å². The molecule has 0 aliphatic heterocycles. The molecule has 0 atom stereocenters. The minimum absolute atomic E-state index is 0.222. The Hall–Kier alpha value is 0.830. The molecule has 62 valence electrons. The van der Waals surface area contributed by atoms with E-state index in [1.165, 1.54) is 0 Å². The maximum absolute atomic E-state index is 8.40. The van der Waals surface area contributed by atoms with E-state index >= 15 is 0 Å². The van der Waals surface area contributed by atoms with Crippen LogP contribution in [0.2, 0.25) is 0 Å². The van der Waals surface area contributed by atoms with Crippen LogP contribution < -0.4 is 0 Å². The lowest BCUT2D eigenvalue weighted by Gasteiger charge is -2.08. The third-order valence-electron chi connectivity index (χ3n) is 1.12. The van der Waals surface area contributed by atoms with Crippen LogP contribution in [0, 0.1) is 0 Å². The summed E-state index contributed by atoms with van der Waals surface area (Å²) in [5.41, 5.74) is 0. The van der Waals surface area contributed by atoms with E-state index in [0.29, 0.717) is 6.42 Å². The van der Waals surface area contributed by atoms with Crippen LogP contribution in [-0.2, 0) is 0 Å². The molecule has 0 saturated carbocycles. The summed E-state index contributed by atoms with van der Waals surface area (Å²) in [7, 11) is 0. The van der Waals surface area contributed by atoms with Gasteiger partial charge in [-0.3, -0.25) is 0 Å². The van der Waals surface area contributed by atoms with Gasteiger partial charge in [0.05, 0.1) is 0 Å². The van der Waals surface area contributed by atoms with Crippen molar-refractivity contribution in [3.05, 3.63) is 0 Å². The lowest BCUT2D eigenvalue weighted by atomic mass is 10.2. The first-order valence-electron chi connectivity index (χ1n) is 3.24. The zero-order chi connectivity index (χ0) is 8.04. The molecule has 1 N–H and O–H groups in total. The zero-order valence-electron chi connectivity index (χ0n) is 5.62. The molecule has 4 heteroatoms. The molecular formula is C6H11Cl3O. The number of unbranched alkanes of at least 4 members (excludes halogenated alkanes) is 2. The van der Waals surface area contributed by atoms with E-state index in [1.54, 1.807) is 0 Å². The van der Waals surface area contributed by atoms with E-state index in [2.05, 4.69) is 0 Å². The van der Waals surface area contributed by atoms with Crippen molar-refractivity contribution in [3.8, 4) is 0 Å². The Morgan fingerprint density at radius 3 is 2.00 bits per heavy atom. The van der Waals surface area contributed by atoms with Crippen molar-refractivity contribution < 1.29 is 5.11 Å². The molecule has 0 radical (unpaired) electrons. The van der Waals surface area contributed by atoms with Crippen molar-refractivity contribution in [1.29, 1.82) is 0 Å². The van der Waals surface area contributed by atoms with E-state index in [4.69, 9.17) is 39.9 Å². The molecular weight excluding hydrogens is 194 g/mol. The fourth-order valence-corrected chi connectivity index (χ4v) is 1.01. The highest BCUT2D eigenvalue weighted by molar-refractivity contribution is 6.67. The van der Waals surface area contributed by atoms with E-state index in [0.717, 1.165) is 19.3 Å². The van der Waals surface area contributed by atoms with E-state index in [1.807, 2.05) is 0 Å². The Morgan fingerprint density at radius 2 is 1.60 bits per heavy atom. The van der Waals surface area contributed by atoms with E-state index in [9.17, 15) is 0 Å². The van der Waals surface area contributed by atoms with Gasteiger partial charge >= 0.3 is 0 Å². The Bertz CT molecular complexity index is 79.6. The number of hydrogen-bond acceptors (Lipinski definition) is 1. The highest BCUT2D eigenvalue weighted by Gasteiger charge is 2.17. The Labute approximate surface area is 76.3 Å². The minimum Gasteiger partial charge on any atom is -0.396 e. The van der Waals surface area contributed by atoms with Gasteiger partial charge in [-0.25, -0.2) is 0 Å². The molecule has 0 heterocycles. The normalized spacial score (nSPS) is 12.0. The van der Waals surface area contributed by atoms with Crippen molar-refractivity contribution in [3.63, 3.8) is 0 Å². The van der Waals surface area contributed by atoms with Crippen LogP contribution in [0.3, 0.4) is 0 Å². The largest absolute Gasteiger partial charge is 0.396 e. The van der Waals surface area contributed by atoms with Crippen LogP contribution in [0.5, 0.6) is 0 Å². The van der Waals surface area contributed by atoms with Gasteiger partial charge < -0.3 is 5.11 Å². The second-order valence-electron chi connectivity index (χ2n) is 2.15. The Kier molecular flexibility index (Phi) is 5.93. The summed E-state index contributed by atoms with van der Waals surface area (Å²) in [5, 5.41) is 8.40. The smallest absolute Gasteiger partial charge is 0.190 e. The number of hydrogen-bond donors (Lipinski definition) is 1. The monoisotopic (exact) mass is 204 g/mol. The van der Waals surface area contributed by atoms with Gasteiger partial charge in [0.15, 0.2) is 3.79 Å². The summed E-state index contributed by atoms with van der Waals surface area (Å²) in [6.45, 7) is 0.222. The van der Waals surface area contributed by atoms with Gasteiger partial charge in [0.25, 0.3) is 0 Å². The molecule has 0 aromatic heterocycles. The van der Waals surface area contributed by atoms with Crippen LogP contribution in [0.1, 0.15) is 25.7 Å². The maximum atomic E-state index is 8.40. The lowest BCUT2D eigenvalue weighted by molar-refractivity contribution is 0.282. The number of aliphatic hydroxyl groups excluding tert-OH is 1. The molecule has 0 amide bonds. The fourth-order valence-electron chi connectivity index (χ4n) is 0.614. The first-order chi connectivity index (χ1) is 4.56. The van der Waals surface area contributed by atoms with Gasteiger partial charge in [0, 0.05) is 6.61 Å². The molecule has 0 aromatic rings. The van der Waals surface area contributed by atoms with Gasteiger partial charge in [-0.2, -0.15) is 0 Å². The van der Waals surface area contributed by atoms with E-state index in [-0.39, 0.29) is 6.61 Å². The standard InChI is InChI=1S/C6H11Cl3O/c7-6(8,9)4-2-1-3-5-10/h10H,1-5H2. The first kappa shape index (κ1) is 10.8. The summed E-state index contributed by atoms with van der Waals surface area (Å²) in [6.07, 6.45) is 3.14. The SMILES string of the molecule is OCCCCCC(Cl)(Cl)Cl. The van der Waals surface area contributed by atoms with E-state index < -0.39 is 3.79 Å². The predicted molar refractivity (Wildman–Crippen MR) is 45.8 cm³/mol. The van der Waals surface area contributed by atoms with Gasteiger partial charge in [-0.1, -0.05) is 41.2 Å². The summed E-state index contributed by atoms with van der Waals surface area (Å²) in [5.74, 6) is 0.